The second-order valence-corrected chi connectivity index (χ2v) is 9.82. The molecule has 3 heterocycles. The van der Waals surface area contributed by atoms with Crippen LogP contribution in [0.25, 0.3) is 10.9 Å². The number of hydrogen-bond donors (Lipinski definition) is 3. The summed E-state index contributed by atoms with van der Waals surface area (Å²) in [4.78, 5) is 19.7. The van der Waals surface area contributed by atoms with Gasteiger partial charge in [-0.1, -0.05) is 36.7 Å². The fourth-order valence-electron chi connectivity index (χ4n) is 4.92. The highest BCUT2D eigenvalue weighted by molar-refractivity contribution is 6.32. The van der Waals surface area contributed by atoms with Crippen LogP contribution in [0.5, 0.6) is 5.88 Å². The summed E-state index contributed by atoms with van der Waals surface area (Å²) in [5, 5.41) is 12.7. The number of H-pyrrole nitrogens is 1. The minimum Gasteiger partial charge on any atom is -0.481 e. The molecule has 13 heteroatoms. The van der Waals surface area contributed by atoms with Crippen molar-refractivity contribution in [3.8, 4) is 5.88 Å². The van der Waals surface area contributed by atoms with Gasteiger partial charge in [0.2, 0.25) is 5.88 Å². The van der Waals surface area contributed by atoms with Crippen LogP contribution in [-0.2, 0) is 11.2 Å². The predicted molar refractivity (Wildman–Crippen MR) is 135 cm³/mol. The van der Waals surface area contributed by atoms with Crippen molar-refractivity contribution < 1.29 is 36.6 Å². The number of carboxylic acids is 1. The van der Waals surface area contributed by atoms with E-state index in [4.69, 9.17) is 16.3 Å². The first-order chi connectivity index (χ1) is 18.5. The van der Waals surface area contributed by atoms with E-state index >= 15 is 4.39 Å². The maximum absolute atomic E-state index is 15.5. The number of alkyl halides is 4. The van der Waals surface area contributed by atoms with Gasteiger partial charge >= 0.3 is 12.1 Å². The van der Waals surface area contributed by atoms with Crippen LogP contribution in [-0.4, -0.2) is 71.1 Å². The van der Waals surface area contributed by atoms with E-state index in [1.54, 1.807) is 24.3 Å². The number of rotatable bonds is 11. The number of carboxylic acid groups (broad SMARTS) is 1. The SMILES string of the molecule is C[C@@H](CN1[C@H](c2c(F)cnc(OCCNCCCF)c2Cl)c2[nH]c3ccccc3c2C[C@H]1C(F)(F)F)C(=O)O. The molecule has 1 aliphatic heterocycles. The number of ether oxygens (including phenoxy) is 1. The van der Waals surface area contributed by atoms with Crippen molar-refractivity contribution in [1.82, 2.24) is 20.2 Å². The Balaban J connectivity index is 1.83. The van der Waals surface area contributed by atoms with E-state index in [1.165, 1.54) is 6.92 Å². The van der Waals surface area contributed by atoms with Gasteiger partial charge in [0.15, 0.2) is 0 Å². The topological polar surface area (TPSA) is 90.5 Å². The molecular formula is C26H28ClF5N4O3. The molecule has 3 aromatic rings. The summed E-state index contributed by atoms with van der Waals surface area (Å²) in [6, 6.07) is 3.28. The van der Waals surface area contributed by atoms with Gasteiger partial charge in [0.1, 0.15) is 23.5 Å². The third-order valence-corrected chi connectivity index (χ3v) is 7.15. The Morgan fingerprint density at radius 2 is 2.08 bits per heavy atom. The highest BCUT2D eigenvalue weighted by Crippen LogP contribution is 2.48. The Labute approximate surface area is 226 Å². The van der Waals surface area contributed by atoms with E-state index < -0.39 is 55.6 Å². The number of aromatic amines is 1. The lowest BCUT2D eigenvalue weighted by Gasteiger charge is -2.43. The monoisotopic (exact) mass is 574 g/mol. The quantitative estimate of drug-likeness (QED) is 0.213. The highest BCUT2D eigenvalue weighted by atomic mass is 35.5. The van der Waals surface area contributed by atoms with Gasteiger partial charge in [-0.05, 0) is 31.0 Å². The summed E-state index contributed by atoms with van der Waals surface area (Å²) in [5.41, 5.74) is 0.901. The Kier molecular flexibility index (Phi) is 8.97. The minimum atomic E-state index is -4.76. The summed E-state index contributed by atoms with van der Waals surface area (Å²) in [5.74, 6) is -3.63. The van der Waals surface area contributed by atoms with Gasteiger partial charge in [-0.3, -0.25) is 14.1 Å². The molecule has 0 saturated carbocycles. The molecule has 3 N–H and O–H groups in total. The van der Waals surface area contributed by atoms with Crippen molar-refractivity contribution in [1.29, 1.82) is 0 Å². The summed E-state index contributed by atoms with van der Waals surface area (Å²) in [6.07, 6.45) is -4.07. The second-order valence-electron chi connectivity index (χ2n) is 9.44. The highest BCUT2D eigenvalue weighted by Gasteiger charge is 2.52. The third-order valence-electron chi connectivity index (χ3n) is 6.79. The number of fused-ring (bicyclic) bond motifs is 3. The lowest BCUT2D eigenvalue weighted by Crippen LogP contribution is -2.54. The molecule has 3 atom stereocenters. The van der Waals surface area contributed by atoms with Gasteiger partial charge in [0.25, 0.3) is 0 Å². The van der Waals surface area contributed by atoms with Gasteiger partial charge in [0.05, 0.1) is 24.8 Å². The number of halogens is 6. The first-order valence-corrected chi connectivity index (χ1v) is 12.8. The Hall–Kier alpha value is -2.96. The number of hydrogen-bond acceptors (Lipinski definition) is 5. The molecule has 0 aliphatic carbocycles. The molecule has 1 aromatic carbocycles. The molecule has 0 bridgehead atoms. The Morgan fingerprint density at radius 3 is 2.77 bits per heavy atom. The minimum absolute atomic E-state index is 0.0390. The predicted octanol–water partition coefficient (Wildman–Crippen LogP) is 5.28. The van der Waals surface area contributed by atoms with Crippen LogP contribution in [0.4, 0.5) is 22.0 Å². The Bertz CT molecular complexity index is 1320. The van der Waals surface area contributed by atoms with Gasteiger partial charge in [-0.2, -0.15) is 13.2 Å². The normalized spacial score (nSPS) is 18.7. The zero-order valence-electron chi connectivity index (χ0n) is 21.0. The Morgan fingerprint density at radius 1 is 1.33 bits per heavy atom. The lowest BCUT2D eigenvalue weighted by atomic mass is 9.87. The van der Waals surface area contributed by atoms with Gasteiger partial charge in [0, 0.05) is 35.2 Å². The van der Waals surface area contributed by atoms with Crippen molar-refractivity contribution in [2.75, 3.05) is 32.9 Å². The van der Waals surface area contributed by atoms with E-state index in [9.17, 15) is 27.5 Å². The van der Waals surface area contributed by atoms with Crippen LogP contribution in [0.2, 0.25) is 5.02 Å². The van der Waals surface area contributed by atoms with Crippen molar-refractivity contribution >= 4 is 28.5 Å². The number of aliphatic carboxylic acids is 1. The largest absolute Gasteiger partial charge is 0.481 e. The van der Waals surface area contributed by atoms with Crippen molar-refractivity contribution in [2.24, 2.45) is 5.92 Å². The summed E-state index contributed by atoms with van der Waals surface area (Å²) < 4.78 is 76.9. The summed E-state index contributed by atoms with van der Waals surface area (Å²) in [7, 11) is 0. The molecule has 4 rings (SSSR count). The van der Waals surface area contributed by atoms with Crippen LogP contribution in [0.1, 0.15) is 36.2 Å². The summed E-state index contributed by atoms with van der Waals surface area (Å²) >= 11 is 6.57. The molecule has 2 aromatic heterocycles. The average Bonchev–Trinajstić information content (AvgIpc) is 3.25. The number of carbonyl (C=O) groups is 1. The molecular weight excluding hydrogens is 547 g/mol. The fourth-order valence-corrected chi connectivity index (χ4v) is 5.22. The zero-order valence-corrected chi connectivity index (χ0v) is 21.8. The molecule has 7 nitrogen and oxygen atoms in total. The smallest absolute Gasteiger partial charge is 0.404 e. The fraction of sp³-hybridized carbons (Fsp3) is 0.462. The van der Waals surface area contributed by atoms with E-state index in [1.807, 2.05) is 0 Å². The molecule has 0 saturated heterocycles. The average molecular weight is 575 g/mol. The molecule has 0 spiro atoms. The summed E-state index contributed by atoms with van der Waals surface area (Å²) in [6.45, 7) is 1.05. The number of nitrogens with one attached hydrogen (secondary N) is 2. The second kappa shape index (κ2) is 12.1. The number of para-hydroxylation sites is 1. The number of nitrogens with zero attached hydrogens (tertiary/aromatic N) is 2. The standard InChI is InChI=1S/C26H28ClF5N4O3/c1-14(25(37)38)13-36-19(26(30,31)32)11-16-15-5-2-3-6-18(15)35-22(16)23(36)20-17(29)12-34-24(21(20)27)39-10-9-33-8-4-7-28/h2-3,5-6,12,14,19,23,33,35H,4,7-11,13H2,1H3,(H,37,38)/t14-,19-,23+/m0/s1. The molecule has 0 amide bonds. The third kappa shape index (κ3) is 6.12. The van der Waals surface area contributed by atoms with Gasteiger partial charge in [-0.15, -0.1) is 0 Å². The first-order valence-electron chi connectivity index (χ1n) is 12.4. The molecule has 0 fully saturated rings. The first kappa shape index (κ1) is 29.0. The van der Waals surface area contributed by atoms with E-state index in [-0.39, 0.29) is 23.1 Å². The lowest BCUT2D eigenvalue weighted by molar-refractivity contribution is -0.193. The van der Waals surface area contributed by atoms with Crippen LogP contribution in [0.15, 0.2) is 30.5 Å². The molecule has 0 unspecified atom stereocenters. The van der Waals surface area contributed by atoms with Crippen LogP contribution >= 0.6 is 11.6 Å². The van der Waals surface area contributed by atoms with Crippen molar-refractivity contribution in [3.05, 3.63) is 58.1 Å². The van der Waals surface area contributed by atoms with Crippen LogP contribution in [0.3, 0.4) is 0 Å². The number of pyridine rings is 1. The van der Waals surface area contributed by atoms with Gasteiger partial charge in [-0.25, -0.2) is 9.37 Å². The van der Waals surface area contributed by atoms with Crippen molar-refractivity contribution in [2.45, 2.75) is 38.0 Å². The number of benzene rings is 1. The molecule has 39 heavy (non-hydrogen) atoms. The number of aromatic nitrogens is 2. The molecule has 1 aliphatic rings. The maximum Gasteiger partial charge on any atom is 0.404 e. The molecule has 0 radical (unpaired) electrons. The van der Waals surface area contributed by atoms with E-state index in [0.717, 1.165) is 11.1 Å². The van der Waals surface area contributed by atoms with Crippen molar-refractivity contribution in [3.63, 3.8) is 0 Å². The van der Waals surface area contributed by atoms with Crippen LogP contribution in [0, 0.1) is 11.7 Å². The molecule has 212 valence electrons. The van der Waals surface area contributed by atoms with E-state index in [2.05, 4.69) is 15.3 Å². The van der Waals surface area contributed by atoms with Gasteiger partial charge < -0.3 is 20.1 Å². The maximum atomic E-state index is 15.5. The van der Waals surface area contributed by atoms with Crippen LogP contribution < -0.4 is 10.1 Å². The zero-order chi connectivity index (χ0) is 28.3. The van der Waals surface area contributed by atoms with E-state index in [0.29, 0.717) is 41.7 Å².